The summed E-state index contributed by atoms with van der Waals surface area (Å²) in [5, 5.41) is 30.3. The number of phenolic OH excluding ortho intramolecular Hbond substituents is 1. The van der Waals surface area contributed by atoms with Crippen molar-refractivity contribution in [1.82, 2.24) is 4.90 Å². The first kappa shape index (κ1) is 30.7. The summed E-state index contributed by atoms with van der Waals surface area (Å²) in [5.74, 6) is -2.48. The highest BCUT2D eigenvalue weighted by atomic mass is 32.2. The van der Waals surface area contributed by atoms with E-state index in [2.05, 4.69) is 19.6 Å². The van der Waals surface area contributed by atoms with Crippen molar-refractivity contribution in [3.63, 3.8) is 0 Å². The van der Waals surface area contributed by atoms with E-state index < -0.39 is 42.0 Å². The van der Waals surface area contributed by atoms with Gasteiger partial charge in [0.25, 0.3) is 0 Å². The summed E-state index contributed by atoms with van der Waals surface area (Å²) in [4.78, 5) is 38.7. The number of fused-ring (bicyclic) bond motifs is 1. The Bertz CT molecular complexity index is 1300. The van der Waals surface area contributed by atoms with E-state index in [4.69, 9.17) is 9.47 Å². The summed E-state index contributed by atoms with van der Waals surface area (Å²) in [6, 6.07) is 3.50. The largest absolute Gasteiger partial charge is 0.514 e. The van der Waals surface area contributed by atoms with Crippen LogP contribution in [0.1, 0.15) is 76.8 Å². The smallest absolute Gasteiger partial charge is 0.507 e. The summed E-state index contributed by atoms with van der Waals surface area (Å²) >= 11 is 1.08. The molecule has 3 N–H and O–H groups in total. The third kappa shape index (κ3) is 6.33. The second-order valence-corrected chi connectivity index (χ2v) is 12.4. The van der Waals surface area contributed by atoms with E-state index in [1.54, 1.807) is 12.1 Å². The van der Waals surface area contributed by atoms with Gasteiger partial charge in [0.1, 0.15) is 29.2 Å². The van der Waals surface area contributed by atoms with Crippen LogP contribution < -0.4 is 4.74 Å². The Morgan fingerprint density at radius 2 is 2.00 bits per heavy atom. The van der Waals surface area contributed by atoms with Crippen LogP contribution in [0.5, 0.6) is 11.5 Å². The van der Waals surface area contributed by atoms with Crippen molar-refractivity contribution in [2.24, 2.45) is 11.8 Å². The Morgan fingerprint density at radius 3 is 2.63 bits per heavy atom. The van der Waals surface area contributed by atoms with E-state index in [0.29, 0.717) is 12.0 Å². The molecular formula is C31H39NO8S. The summed E-state index contributed by atoms with van der Waals surface area (Å²) < 4.78 is 11.1. The van der Waals surface area contributed by atoms with Crippen LogP contribution in [0, 0.1) is 11.8 Å². The molecule has 41 heavy (non-hydrogen) atoms. The van der Waals surface area contributed by atoms with Gasteiger partial charge in [0, 0.05) is 11.5 Å². The lowest BCUT2D eigenvalue weighted by atomic mass is 9.73. The number of carbonyl (C=O) groups is 3. The molecule has 1 amide bonds. The number of aliphatic hydroxyl groups excluding tert-OH is 1. The van der Waals surface area contributed by atoms with Crippen LogP contribution in [0.25, 0.3) is 0 Å². The number of aromatic hydroxyl groups is 1. The quantitative estimate of drug-likeness (QED) is 0.0959. The molecule has 0 spiro atoms. The van der Waals surface area contributed by atoms with Crippen molar-refractivity contribution in [3.05, 3.63) is 57.7 Å². The number of aliphatic carboxylic acids is 1. The molecule has 1 unspecified atom stereocenters. The zero-order valence-corrected chi connectivity index (χ0v) is 24.8. The number of β-lactam (4-membered cyclic amide) rings is 1. The van der Waals surface area contributed by atoms with Gasteiger partial charge in [0.15, 0.2) is 0 Å². The van der Waals surface area contributed by atoms with Gasteiger partial charge in [-0.05, 0) is 70.1 Å². The van der Waals surface area contributed by atoms with E-state index in [1.807, 2.05) is 13.8 Å². The van der Waals surface area contributed by atoms with Crippen LogP contribution in [0.3, 0.4) is 0 Å². The van der Waals surface area contributed by atoms with Crippen LogP contribution in [-0.2, 0) is 20.7 Å². The van der Waals surface area contributed by atoms with E-state index in [9.17, 15) is 29.7 Å². The molecule has 2 heterocycles. The first-order valence-corrected chi connectivity index (χ1v) is 15.0. The van der Waals surface area contributed by atoms with E-state index in [0.717, 1.165) is 59.9 Å². The molecule has 1 aliphatic carbocycles. The van der Waals surface area contributed by atoms with Crippen LogP contribution >= 0.6 is 11.8 Å². The van der Waals surface area contributed by atoms with Gasteiger partial charge in [-0.25, -0.2) is 9.59 Å². The lowest BCUT2D eigenvalue weighted by molar-refractivity contribution is -0.156. The summed E-state index contributed by atoms with van der Waals surface area (Å²) in [7, 11) is 0. The number of aryl methyl sites for hydroxylation is 1. The molecule has 0 radical (unpaired) electrons. The summed E-state index contributed by atoms with van der Waals surface area (Å²) in [5.41, 5.74) is 3.22. The van der Waals surface area contributed by atoms with Gasteiger partial charge in [-0.2, -0.15) is 0 Å². The number of carbonyl (C=O) groups excluding carboxylic acids is 2. The second-order valence-electron chi connectivity index (χ2n) is 11.2. The average Bonchev–Trinajstić information content (AvgIpc) is 3.21. The molecule has 5 atom stereocenters. The lowest BCUT2D eigenvalue weighted by Gasteiger charge is -2.43. The highest BCUT2D eigenvalue weighted by Crippen LogP contribution is 2.50. The number of unbranched alkanes of at least 4 members (excludes halogenated alkanes) is 2. The lowest BCUT2D eigenvalue weighted by Crippen LogP contribution is -2.60. The van der Waals surface area contributed by atoms with E-state index in [1.165, 1.54) is 12.5 Å². The molecule has 222 valence electrons. The molecular weight excluding hydrogens is 546 g/mol. The van der Waals surface area contributed by atoms with Crippen molar-refractivity contribution in [2.45, 2.75) is 83.6 Å². The fraction of sp³-hybridized carbons (Fsp3) is 0.516. The maximum atomic E-state index is 13.0. The monoisotopic (exact) mass is 585 g/mol. The van der Waals surface area contributed by atoms with Gasteiger partial charge in [0.2, 0.25) is 5.91 Å². The van der Waals surface area contributed by atoms with Crippen molar-refractivity contribution < 1.29 is 39.2 Å². The second kappa shape index (κ2) is 12.7. The van der Waals surface area contributed by atoms with Gasteiger partial charge >= 0.3 is 12.1 Å². The number of hydrogen-bond donors (Lipinski definition) is 3. The zero-order valence-electron chi connectivity index (χ0n) is 24.0. The molecule has 1 saturated heterocycles. The van der Waals surface area contributed by atoms with Gasteiger partial charge in [0.05, 0.1) is 16.9 Å². The summed E-state index contributed by atoms with van der Waals surface area (Å²) in [6.07, 6.45) is 5.57. The molecule has 0 aromatic heterocycles. The number of phenols is 1. The predicted molar refractivity (Wildman–Crippen MR) is 155 cm³/mol. The number of rotatable bonds is 11. The number of carboxylic acids is 1. The third-order valence-corrected chi connectivity index (χ3v) is 9.39. The molecule has 3 aliphatic rings. The molecule has 2 aliphatic heterocycles. The number of hydrogen-bond acceptors (Lipinski definition) is 8. The van der Waals surface area contributed by atoms with Crippen LogP contribution in [0.4, 0.5) is 4.79 Å². The highest BCUT2D eigenvalue weighted by Gasteiger charge is 2.57. The Morgan fingerprint density at radius 1 is 1.27 bits per heavy atom. The Hall–Kier alpha value is -3.24. The number of ether oxygens (including phenoxy) is 2. The fourth-order valence-electron chi connectivity index (χ4n) is 5.92. The van der Waals surface area contributed by atoms with Gasteiger partial charge in [-0.1, -0.05) is 55.3 Å². The van der Waals surface area contributed by atoms with Gasteiger partial charge in [-0.15, -0.1) is 0 Å². The number of nitrogens with zero attached hydrogens (tertiary/aromatic N) is 1. The first-order chi connectivity index (χ1) is 19.4. The minimum Gasteiger partial charge on any atom is -0.507 e. The molecule has 0 saturated carbocycles. The number of carboxylic acid groups (broad SMARTS) is 1. The highest BCUT2D eigenvalue weighted by molar-refractivity contribution is 8.04. The number of thioether (sulfide) groups is 1. The number of aliphatic hydroxyl groups is 1. The molecule has 9 nitrogen and oxygen atoms in total. The number of amides is 1. The third-order valence-electron chi connectivity index (χ3n) is 8.05. The van der Waals surface area contributed by atoms with E-state index in [-0.39, 0.29) is 33.9 Å². The fourth-order valence-corrected chi connectivity index (χ4v) is 7.44. The first-order valence-electron chi connectivity index (χ1n) is 14.1. The number of benzene rings is 1. The molecule has 1 aromatic rings. The summed E-state index contributed by atoms with van der Waals surface area (Å²) in [6.45, 7) is 11.3. The van der Waals surface area contributed by atoms with Crippen LogP contribution in [0.15, 0.2) is 46.5 Å². The van der Waals surface area contributed by atoms with Crippen molar-refractivity contribution in [1.29, 1.82) is 0 Å². The maximum absolute atomic E-state index is 13.0. The molecule has 0 bridgehead atoms. The molecule has 1 fully saturated rings. The normalized spacial score (nSPS) is 24.4. The molecule has 1 aromatic carbocycles. The average molecular weight is 586 g/mol. The van der Waals surface area contributed by atoms with Gasteiger partial charge in [-0.3, -0.25) is 9.69 Å². The predicted octanol–water partition coefficient (Wildman–Crippen LogP) is 5.86. The number of allylic oxidation sites excluding steroid dienone is 3. The minimum atomic E-state index is -1.32. The Kier molecular flexibility index (Phi) is 9.54. The topological polar surface area (TPSA) is 134 Å². The van der Waals surface area contributed by atoms with E-state index >= 15 is 0 Å². The Labute approximate surface area is 244 Å². The van der Waals surface area contributed by atoms with Crippen LogP contribution in [-0.4, -0.2) is 56.3 Å². The van der Waals surface area contributed by atoms with Crippen LogP contribution in [0.2, 0.25) is 0 Å². The minimum absolute atomic E-state index is 0.0401. The standard InChI is InChI=1S/C31H39NO8S/c1-6-7-8-9-19-13-22(34)26(21-12-17(4)10-11-20(21)16(2)3)23(14-19)40-31(38)39-15-24-27(30(36)37)32-28(35)25(18(5)33)29(32)41-24/h12-14,18,20-21,25,29,33-34H,2,6-11,15H2,1,3-5H3,(H,36,37)/t18-,20+,21-,25+,29?/m1/s1. The van der Waals surface area contributed by atoms with Crippen molar-refractivity contribution in [2.75, 3.05) is 6.61 Å². The Balaban J connectivity index is 1.58. The van der Waals surface area contributed by atoms with Crippen molar-refractivity contribution in [3.8, 4) is 11.5 Å². The SMILES string of the molecule is C=C(C)[C@@H]1CCC(C)=C[C@H]1c1c(O)cc(CCCCC)cc1OC(=O)OCC1=C(C(=O)O)N2C(=O)[C@H]([C@@H](C)O)C2S1. The molecule has 10 heteroatoms. The van der Waals surface area contributed by atoms with Gasteiger partial charge < -0.3 is 24.8 Å². The zero-order chi connectivity index (χ0) is 30.0. The molecule has 4 rings (SSSR count). The maximum Gasteiger partial charge on any atom is 0.514 e. The van der Waals surface area contributed by atoms with Crippen molar-refractivity contribution >= 4 is 29.8 Å².